The first-order chi connectivity index (χ1) is 7.24. The summed E-state index contributed by atoms with van der Waals surface area (Å²) < 4.78 is 1.75. The van der Waals surface area contributed by atoms with Crippen LogP contribution in [0.4, 0.5) is 11.4 Å². The average Bonchev–Trinajstić information content (AvgIpc) is 2.64. The lowest BCUT2D eigenvalue weighted by Crippen LogP contribution is -2.01. The van der Waals surface area contributed by atoms with E-state index in [1.165, 1.54) is 0 Å². The first-order valence-corrected chi connectivity index (χ1v) is 4.67. The molecular weight excluding hydrogens is 190 g/mol. The Morgan fingerprint density at radius 2 is 2.27 bits per heavy atom. The number of anilines is 2. The molecule has 2 aromatic heterocycles. The lowest BCUT2D eigenvalue weighted by atomic mass is 10.3. The van der Waals surface area contributed by atoms with Gasteiger partial charge in [0.1, 0.15) is 0 Å². The maximum Gasteiger partial charge on any atom is 0.0729 e. The summed E-state index contributed by atoms with van der Waals surface area (Å²) in [5.41, 5.74) is 8.16. The van der Waals surface area contributed by atoms with Gasteiger partial charge in [-0.1, -0.05) is 0 Å². The first kappa shape index (κ1) is 9.51. The van der Waals surface area contributed by atoms with Crippen molar-refractivity contribution < 1.29 is 0 Å². The van der Waals surface area contributed by atoms with Crippen LogP contribution < -0.4 is 11.1 Å². The van der Waals surface area contributed by atoms with Crippen molar-refractivity contribution in [1.29, 1.82) is 0 Å². The van der Waals surface area contributed by atoms with Crippen molar-refractivity contribution in [3.05, 3.63) is 36.4 Å². The number of pyridine rings is 1. The van der Waals surface area contributed by atoms with Crippen molar-refractivity contribution in [3.8, 4) is 0 Å². The Kier molecular flexibility index (Phi) is 2.53. The van der Waals surface area contributed by atoms with Gasteiger partial charge in [0.15, 0.2) is 0 Å². The highest BCUT2D eigenvalue weighted by atomic mass is 15.3. The first-order valence-electron chi connectivity index (χ1n) is 4.67. The summed E-state index contributed by atoms with van der Waals surface area (Å²) in [6.45, 7) is 0.673. The van der Waals surface area contributed by atoms with Crippen molar-refractivity contribution in [2.45, 2.75) is 6.54 Å². The fraction of sp³-hybridized carbons (Fsp3) is 0.200. The number of aryl methyl sites for hydroxylation is 1. The molecule has 0 aromatic carbocycles. The Bertz CT molecular complexity index is 431. The fourth-order valence-electron chi connectivity index (χ4n) is 1.25. The summed E-state index contributed by atoms with van der Waals surface area (Å²) in [6.07, 6.45) is 5.34. The molecular formula is C10H13N5. The van der Waals surface area contributed by atoms with Gasteiger partial charge < -0.3 is 11.1 Å². The van der Waals surface area contributed by atoms with E-state index in [4.69, 9.17) is 5.73 Å². The Hall–Kier alpha value is -2.04. The van der Waals surface area contributed by atoms with E-state index in [1.54, 1.807) is 17.1 Å². The van der Waals surface area contributed by atoms with Crippen LogP contribution in [0.15, 0.2) is 30.7 Å². The summed E-state index contributed by atoms with van der Waals surface area (Å²) >= 11 is 0. The maximum absolute atomic E-state index is 5.54. The third-order valence-electron chi connectivity index (χ3n) is 2.03. The second-order valence-corrected chi connectivity index (χ2v) is 3.34. The van der Waals surface area contributed by atoms with Crippen LogP contribution in [0.5, 0.6) is 0 Å². The molecule has 3 N–H and O–H groups in total. The molecule has 2 heterocycles. The minimum absolute atomic E-state index is 0.673. The molecule has 0 aliphatic heterocycles. The topological polar surface area (TPSA) is 68.8 Å². The fourth-order valence-corrected chi connectivity index (χ4v) is 1.25. The standard InChI is InChI=1S/C10H13N5/c1-15-7-10(6-14-15)13-5-9-3-2-8(11)4-12-9/h2-4,6-7,13H,5,11H2,1H3. The summed E-state index contributed by atoms with van der Waals surface area (Å²) in [4.78, 5) is 4.19. The van der Waals surface area contributed by atoms with E-state index in [1.807, 2.05) is 25.4 Å². The van der Waals surface area contributed by atoms with Gasteiger partial charge in [-0.15, -0.1) is 0 Å². The van der Waals surface area contributed by atoms with E-state index >= 15 is 0 Å². The molecule has 0 amide bonds. The quantitative estimate of drug-likeness (QED) is 0.781. The van der Waals surface area contributed by atoms with Crippen LogP contribution in [-0.4, -0.2) is 14.8 Å². The highest BCUT2D eigenvalue weighted by Gasteiger charge is 1.96. The second kappa shape index (κ2) is 4.00. The van der Waals surface area contributed by atoms with Gasteiger partial charge >= 0.3 is 0 Å². The molecule has 2 rings (SSSR count). The molecule has 5 nitrogen and oxygen atoms in total. The number of nitrogens with two attached hydrogens (primary N) is 1. The SMILES string of the molecule is Cn1cc(NCc2ccc(N)cn2)cn1. The molecule has 0 fully saturated rings. The molecule has 0 unspecified atom stereocenters. The second-order valence-electron chi connectivity index (χ2n) is 3.34. The zero-order chi connectivity index (χ0) is 10.7. The summed E-state index contributed by atoms with van der Waals surface area (Å²) in [6, 6.07) is 3.74. The molecule has 78 valence electrons. The zero-order valence-corrected chi connectivity index (χ0v) is 8.51. The van der Waals surface area contributed by atoms with Gasteiger partial charge in [0.2, 0.25) is 0 Å². The van der Waals surface area contributed by atoms with Crippen molar-refractivity contribution in [2.24, 2.45) is 7.05 Å². The number of hydrogen-bond acceptors (Lipinski definition) is 4. The van der Waals surface area contributed by atoms with Gasteiger partial charge in [-0.05, 0) is 12.1 Å². The van der Waals surface area contributed by atoms with Crippen molar-refractivity contribution in [1.82, 2.24) is 14.8 Å². The van der Waals surface area contributed by atoms with E-state index in [-0.39, 0.29) is 0 Å². The predicted molar refractivity (Wildman–Crippen MR) is 59.2 cm³/mol. The van der Waals surface area contributed by atoms with Gasteiger partial charge in [-0.25, -0.2) is 0 Å². The predicted octanol–water partition coefficient (Wildman–Crippen LogP) is 1.01. The van der Waals surface area contributed by atoms with Crippen LogP contribution in [0.3, 0.4) is 0 Å². The monoisotopic (exact) mass is 203 g/mol. The van der Waals surface area contributed by atoms with E-state index in [0.29, 0.717) is 12.2 Å². The van der Waals surface area contributed by atoms with Gasteiger partial charge in [0.05, 0.1) is 36.0 Å². The average molecular weight is 203 g/mol. The van der Waals surface area contributed by atoms with E-state index < -0.39 is 0 Å². The molecule has 2 aromatic rings. The van der Waals surface area contributed by atoms with Gasteiger partial charge in [0, 0.05) is 13.2 Å². The Labute approximate surface area is 87.9 Å². The lowest BCUT2D eigenvalue weighted by Gasteiger charge is -2.02. The highest BCUT2D eigenvalue weighted by Crippen LogP contribution is 2.06. The smallest absolute Gasteiger partial charge is 0.0729 e. The summed E-state index contributed by atoms with van der Waals surface area (Å²) in [7, 11) is 1.88. The normalized spacial score (nSPS) is 10.2. The van der Waals surface area contributed by atoms with Crippen LogP contribution in [0.2, 0.25) is 0 Å². The number of aromatic nitrogens is 3. The number of nitrogen functional groups attached to an aromatic ring is 1. The molecule has 0 aliphatic rings. The van der Waals surface area contributed by atoms with E-state index in [0.717, 1.165) is 11.4 Å². The Morgan fingerprint density at radius 1 is 1.40 bits per heavy atom. The van der Waals surface area contributed by atoms with Gasteiger partial charge in [0.25, 0.3) is 0 Å². The minimum atomic E-state index is 0.673. The van der Waals surface area contributed by atoms with Crippen molar-refractivity contribution in [2.75, 3.05) is 11.1 Å². The molecule has 5 heteroatoms. The van der Waals surface area contributed by atoms with E-state index in [9.17, 15) is 0 Å². The molecule has 15 heavy (non-hydrogen) atoms. The maximum atomic E-state index is 5.54. The Morgan fingerprint density at radius 3 is 2.87 bits per heavy atom. The van der Waals surface area contributed by atoms with Crippen LogP contribution in [-0.2, 0) is 13.6 Å². The largest absolute Gasteiger partial charge is 0.397 e. The molecule has 0 radical (unpaired) electrons. The summed E-state index contributed by atoms with van der Waals surface area (Å²) in [5, 5.41) is 7.27. The van der Waals surface area contributed by atoms with Gasteiger partial charge in [-0.3, -0.25) is 9.67 Å². The highest BCUT2D eigenvalue weighted by molar-refractivity contribution is 5.39. The van der Waals surface area contributed by atoms with Crippen molar-refractivity contribution in [3.63, 3.8) is 0 Å². The number of nitrogens with one attached hydrogen (secondary N) is 1. The number of nitrogens with zero attached hydrogens (tertiary/aromatic N) is 3. The molecule has 0 bridgehead atoms. The Balaban J connectivity index is 1.96. The van der Waals surface area contributed by atoms with Crippen molar-refractivity contribution >= 4 is 11.4 Å². The summed E-state index contributed by atoms with van der Waals surface area (Å²) in [5.74, 6) is 0. The lowest BCUT2D eigenvalue weighted by molar-refractivity contribution is 0.768. The van der Waals surface area contributed by atoms with Crippen LogP contribution >= 0.6 is 0 Å². The molecule has 0 aliphatic carbocycles. The zero-order valence-electron chi connectivity index (χ0n) is 8.51. The van der Waals surface area contributed by atoms with Crippen LogP contribution in [0, 0.1) is 0 Å². The number of hydrogen-bond donors (Lipinski definition) is 2. The van der Waals surface area contributed by atoms with Gasteiger partial charge in [-0.2, -0.15) is 5.10 Å². The molecule has 0 saturated carbocycles. The minimum Gasteiger partial charge on any atom is -0.397 e. The molecule has 0 atom stereocenters. The third kappa shape index (κ3) is 2.46. The number of rotatable bonds is 3. The van der Waals surface area contributed by atoms with Crippen LogP contribution in [0.25, 0.3) is 0 Å². The third-order valence-corrected chi connectivity index (χ3v) is 2.03. The molecule has 0 spiro atoms. The molecule has 0 saturated heterocycles. The van der Waals surface area contributed by atoms with Crippen LogP contribution in [0.1, 0.15) is 5.69 Å². The van der Waals surface area contributed by atoms with E-state index in [2.05, 4.69) is 15.4 Å².